The average Bonchev–Trinajstić information content (AvgIpc) is 3.06. The molecule has 3 rings (SSSR count). The molecule has 36 heavy (non-hydrogen) atoms. The van der Waals surface area contributed by atoms with E-state index in [-0.39, 0.29) is 5.57 Å². The van der Waals surface area contributed by atoms with Gasteiger partial charge in [0.15, 0.2) is 5.71 Å². The van der Waals surface area contributed by atoms with E-state index in [2.05, 4.69) is 31.4 Å². The normalized spacial score (nSPS) is 18.8. The molecular weight excluding hydrogens is 461 g/mol. The van der Waals surface area contributed by atoms with Crippen molar-refractivity contribution >= 4 is 11.4 Å². The number of hydrogen-bond donors (Lipinski definition) is 0. The Balaban J connectivity index is 2.13. The molecule has 0 N–H and O–H groups in total. The molecule has 0 radical (unpaired) electrons. The molecule has 1 aromatic rings. The number of hydrogen-bond acceptors (Lipinski definition) is 3. The first kappa shape index (κ1) is 26.7. The maximum Gasteiger partial charge on any atom is 0.416 e. The zero-order valence-electron chi connectivity index (χ0n) is 20.7. The van der Waals surface area contributed by atoms with Crippen LogP contribution in [-0.2, 0) is 5.41 Å². The Bertz CT molecular complexity index is 1300. The van der Waals surface area contributed by atoms with Crippen LogP contribution < -0.4 is 0 Å². The standard InChI is InChI=1S/C29H28F3N4/c1-4-5-6-9-14-36-26-11-8-7-10-24(26)28(2,3)27(36)16-21(17-33)20-12-13-23(22(18-34)19-35)25(15-20)29(30,31)32/h7-8,10-13,15-16,20H,4-6,9,14H2,1-3H3/q+1/b21-16+. The van der Waals surface area contributed by atoms with Gasteiger partial charge < -0.3 is 0 Å². The second-order valence-electron chi connectivity index (χ2n) is 9.43. The molecule has 1 heterocycles. The number of halogens is 3. The smallest absolute Gasteiger partial charge is 0.195 e. The summed E-state index contributed by atoms with van der Waals surface area (Å²) in [6.45, 7) is 7.00. The lowest BCUT2D eigenvalue weighted by Crippen LogP contribution is -2.29. The third kappa shape index (κ3) is 5.19. The molecule has 1 unspecified atom stereocenters. The Morgan fingerprint density at radius 2 is 1.75 bits per heavy atom. The van der Waals surface area contributed by atoms with Crippen molar-refractivity contribution in [2.75, 3.05) is 6.54 Å². The van der Waals surface area contributed by atoms with Gasteiger partial charge in [0, 0.05) is 41.2 Å². The molecule has 4 nitrogen and oxygen atoms in total. The summed E-state index contributed by atoms with van der Waals surface area (Å²) >= 11 is 0. The molecule has 0 saturated heterocycles. The van der Waals surface area contributed by atoms with Gasteiger partial charge in [0.2, 0.25) is 5.69 Å². The molecule has 184 valence electrons. The van der Waals surface area contributed by atoms with Crippen molar-refractivity contribution in [3.05, 3.63) is 76.4 Å². The molecule has 0 bridgehead atoms. The highest BCUT2D eigenvalue weighted by molar-refractivity contribution is 6.04. The van der Waals surface area contributed by atoms with Crippen LogP contribution in [0.5, 0.6) is 0 Å². The molecule has 1 aliphatic heterocycles. The highest BCUT2D eigenvalue weighted by Gasteiger charge is 2.45. The van der Waals surface area contributed by atoms with E-state index in [1.54, 1.807) is 6.08 Å². The molecule has 0 saturated carbocycles. The van der Waals surface area contributed by atoms with E-state index in [1.807, 2.05) is 24.3 Å². The van der Waals surface area contributed by atoms with Crippen LogP contribution in [0.1, 0.15) is 52.0 Å². The number of unbranched alkanes of at least 4 members (excludes halogenated alkanes) is 3. The second-order valence-corrected chi connectivity index (χ2v) is 9.43. The van der Waals surface area contributed by atoms with E-state index in [1.165, 1.54) is 18.2 Å². The summed E-state index contributed by atoms with van der Waals surface area (Å²) in [5, 5.41) is 28.2. The molecular formula is C29H28F3N4+. The number of nitriles is 3. The Kier molecular flexibility index (Phi) is 8.01. The van der Waals surface area contributed by atoms with Crippen LogP contribution in [0.3, 0.4) is 0 Å². The number of allylic oxidation sites excluding steroid dienone is 8. The Hall–Kier alpha value is -3.89. The predicted molar refractivity (Wildman–Crippen MR) is 132 cm³/mol. The van der Waals surface area contributed by atoms with Crippen molar-refractivity contribution in [3.8, 4) is 18.2 Å². The van der Waals surface area contributed by atoms with Gasteiger partial charge in [0.05, 0.1) is 17.1 Å². The Morgan fingerprint density at radius 3 is 2.36 bits per heavy atom. The zero-order valence-corrected chi connectivity index (χ0v) is 20.7. The number of para-hydroxylation sites is 1. The van der Waals surface area contributed by atoms with Gasteiger partial charge in [-0.3, -0.25) is 0 Å². The summed E-state index contributed by atoms with van der Waals surface area (Å²) in [5.41, 5.74) is 0.567. The van der Waals surface area contributed by atoms with E-state index in [0.717, 1.165) is 61.3 Å². The summed E-state index contributed by atoms with van der Waals surface area (Å²) < 4.78 is 43.8. The number of fused-ring (bicyclic) bond motifs is 1. The Morgan fingerprint density at radius 1 is 1.06 bits per heavy atom. The van der Waals surface area contributed by atoms with E-state index in [0.29, 0.717) is 0 Å². The molecule has 0 spiro atoms. The molecule has 0 amide bonds. The van der Waals surface area contributed by atoms with Crippen LogP contribution in [0, 0.1) is 39.9 Å². The van der Waals surface area contributed by atoms with E-state index < -0.39 is 34.2 Å². The maximum atomic E-state index is 13.9. The van der Waals surface area contributed by atoms with Gasteiger partial charge in [-0.1, -0.05) is 56.2 Å². The maximum absolute atomic E-state index is 13.9. The minimum absolute atomic E-state index is 0.164. The lowest BCUT2D eigenvalue weighted by Gasteiger charge is -2.21. The van der Waals surface area contributed by atoms with Crippen molar-refractivity contribution in [2.45, 2.75) is 58.0 Å². The van der Waals surface area contributed by atoms with Gasteiger partial charge in [-0.2, -0.15) is 33.5 Å². The molecule has 0 fully saturated rings. The highest BCUT2D eigenvalue weighted by atomic mass is 19.4. The van der Waals surface area contributed by atoms with Gasteiger partial charge >= 0.3 is 6.18 Å². The van der Waals surface area contributed by atoms with Crippen molar-refractivity contribution in [1.82, 2.24) is 0 Å². The van der Waals surface area contributed by atoms with E-state index in [9.17, 15) is 18.4 Å². The van der Waals surface area contributed by atoms with Crippen LogP contribution in [0.2, 0.25) is 0 Å². The first-order valence-electron chi connectivity index (χ1n) is 12.0. The van der Waals surface area contributed by atoms with Gasteiger partial charge in [-0.05, 0) is 20.3 Å². The van der Waals surface area contributed by atoms with Gasteiger partial charge in [-0.25, -0.2) is 0 Å². The lowest BCUT2D eigenvalue weighted by molar-refractivity contribution is -0.438. The molecule has 1 atom stereocenters. The van der Waals surface area contributed by atoms with E-state index >= 15 is 0 Å². The quantitative estimate of drug-likeness (QED) is 0.233. The lowest BCUT2D eigenvalue weighted by atomic mass is 9.79. The zero-order chi connectivity index (χ0) is 26.5. The number of rotatable bonds is 7. The summed E-state index contributed by atoms with van der Waals surface area (Å²) in [4.78, 5) is 0. The molecule has 2 aliphatic rings. The summed E-state index contributed by atoms with van der Waals surface area (Å²) in [7, 11) is 0. The monoisotopic (exact) mass is 489 g/mol. The number of alkyl halides is 3. The highest BCUT2D eigenvalue weighted by Crippen LogP contribution is 2.42. The summed E-state index contributed by atoms with van der Waals surface area (Å²) in [6.07, 6.45) is 4.68. The van der Waals surface area contributed by atoms with Crippen molar-refractivity contribution in [2.24, 2.45) is 5.92 Å². The largest absolute Gasteiger partial charge is 0.416 e. The van der Waals surface area contributed by atoms with Crippen LogP contribution >= 0.6 is 0 Å². The fourth-order valence-electron chi connectivity index (χ4n) is 4.81. The SMILES string of the molecule is CCCCCC[N+]1=C(/C=C(\C#N)C2C=CC(=C(C#N)C#N)C(C(F)(F)F)=C2)C(C)(C)c2ccccc21. The fraction of sp³-hybridized carbons (Fsp3) is 0.379. The second kappa shape index (κ2) is 10.8. The first-order valence-corrected chi connectivity index (χ1v) is 12.0. The number of nitrogens with zero attached hydrogens (tertiary/aromatic N) is 4. The summed E-state index contributed by atoms with van der Waals surface area (Å²) in [6, 6.07) is 13.2. The molecule has 1 aromatic carbocycles. The molecule has 1 aliphatic carbocycles. The predicted octanol–water partition coefficient (Wildman–Crippen LogP) is 7.11. The van der Waals surface area contributed by atoms with Gasteiger partial charge in [0.25, 0.3) is 0 Å². The summed E-state index contributed by atoms with van der Waals surface area (Å²) in [5.74, 6) is -0.942. The van der Waals surface area contributed by atoms with Crippen LogP contribution in [-0.4, -0.2) is 23.0 Å². The van der Waals surface area contributed by atoms with Crippen molar-refractivity contribution in [3.63, 3.8) is 0 Å². The van der Waals surface area contributed by atoms with Crippen LogP contribution in [0.15, 0.2) is 70.9 Å². The van der Waals surface area contributed by atoms with Crippen LogP contribution in [0.25, 0.3) is 0 Å². The Labute approximate surface area is 210 Å². The van der Waals surface area contributed by atoms with Gasteiger partial charge in [-0.15, -0.1) is 0 Å². The van der Waals surface area contributed by atoms with Crippen molar-refractivity contribution in [1.29, 1.82) is 15.8 Å². The third-order valence-electron chi connectivity index (χ3n) is 6.72. The number of benzene rings is 1. The minimum Gasteiger partial charge on any atom is -0.195 e. The molecule has 7 heteroatoms. The van der Waals surface area contributed by atoms with Crippen molar-refractivity contribution < 1.29 is 17.7 Å². The average molecular weight is 490 g/mol. The topological polar surface area (TPSA) is 74.4 Å². The first-order chi connectivity index (χ1) is 17.1. The van der Waals surface area contributed by atoms with Crippen LogP contribution in [0.4, 0.5) is 18.9 Å². The minimum atomic E-state index is -4.78. The van der Waals surface area contributed by atoms with E-state index in [4.69, 9.17) is 10.5 Å². The fourth-order valence-corrected chi connectivity index (χ4v) is 4.81. The third-order valence-corrected chi connectivity index (χ3v) is 6.72. The molecule has 0 aromatic heterocycles. The van der Waals surface area contributed by atoms with Gasteiger partial charge in [0.1, 0.15) is 24.3 Å².